The van der Waals surface area contributed by atoms with Crippen LogP contribution in [-0.4, -0.2) is 48.8 Å². The molecule has 0 spiro atoms. The molecule has 0 bridgehead atoms. The van der Waals surface area contributed by atoms with Gasteiger partial charge in [0.05, 0.1) is 25.3 Å². The molecule has 2 heterocycles. The predicted octanol–water partition coefficient (Wildman–Crippen LogP) is 2.83. The highest BCUT2D eigenvalue weighted by molar-refractivity contribution is 5.83. The van der Waals surface area contributed by atoms with Crippen molar-refractivity contribution in [2.24, 2.45) is 0 Å². The lowest BCUT2D eigenvalue weighted by Crippen LogP contribution is -2.40. The Hall–Kier alpha value is -3.32. The maximum absolute atomic E-state index is 12.4. The van der Waals surface area contributed by atoms with Crippen molar-refractivity contribution in [2.75, 3.05) is 26.9 Å². The summed E-state index contributed by atoms with van der Waals surface area (Å²) in [6, 6.07) is 13.8. The quantitative estimate of drug-likeness (QED) is 0.630. The van der Waals surface area contributed by atoms with E-state index in [0.29, 0.717) is 34.8 Å². The number of carbonyl (C=O) groups is 1. The van der Waals surface area contributed by atoms with Gasteiger partial charge in [0.1, 0.15) is 17.1 Å². The molecule has 0 radical (unpaired) electrons. The number of ether oxygens (including phenoxy) is 2. The second kappa shape index (κ2) is 8.59. The van der Waals surface area contributed by atoms with Crippen molar-refractivity contribution in [1.29, 1.82) is 0 Å². The summed E-state index contributed by atoms with van der Waals surface area (Å²) in [6.45, 7) is 0.531. The van der Waals surface area contributed by atoms with E-state index in [1.165, 1.54) is 0 Å². The fraction of sp³-hybridized carbons (Fsp3) is 0.304. The minimum Gasteiger partial charge on any atom is -0.497 e. The molecule has 156 valence electrons. The SMILES string of the molecule is COc1ccc2oc(=O)c(-c3ccc(OCC(=O)N4CCC[C@H]4CO)cc3)cc2c1. The summed E-state index contributed by atoms with van der Waals surface area (Å²) in [5, 5.41) is 10.1. The molecule has 0 unspecified atom stereocenters. The predicted molar refractivity (Wildman–Crippen MR) is 112 cm³/mol. The zero-order valence-corrected chi connectivity index (χ0v) is 16.7. The van der Waals surface area contributed by atoms with Gasteiger partial charge in [-0.05, 0) is 54.8 Å². The van der Waals surface area contributed by atoms with Gasteiger partial charge in [-0.1, -0.05) is 12.1 Å². The Balaban J connectivity index is 1.49. The van der Waals surface area contributed by atoms with Gasteiger partial charge in [-0.2, -0.15) is 0 Å². The number of nitrogens with zero attached hydrogens (tertiary/aromatic N) is 1. The highest BCUT2D eigenvalue weighted by Crippen LogP contribution is 2.26. The molecule has 4 rings (SSSR count). The second-order valence-corrected chi connectivity index (χ2v) is 7.23. The van der Waals surface area contributed by atoms with Gasteiger partial charge < -0.3 is 23.9 Å². The third-order valence-electron chi connectivity index (χ3n) is 5.38. The van der Waals surface area contributed by atoms with Crippen molar-refractivity contribution in [1.82, 2.24) is 4.90 Å². The number of benzene rings is 2. The standard InChI is InChI=1S/C23H23NO6/c1-28-19-8-9-21-16(11-19)12-20(23(27)30-21)15-4-6-18(7-5-15)29-14-22(26)24-10-2-3-17(24)13-25/h4-9,11-12,17,25H,2-3,10,13-14H2,1H3/t17-/m0/s1. The van der Waals surface area contributed by atoms with Crippen molar-refractivity contribution in [3.8, 4) is 22.6 Å². The number of likely N-dealkylation sites (tertiary alicyclic amines) is 1. The van der Waals surface area contributed by atoms with Crippen molar-refractivity contribution >= 4 is 16.9 Å². The van der Waals surface area contributed by atoms with Crippen molar-refractivity contribution in [3.05, 3.63) is 59.0 Å². The van der Waals surface area contributed by atoms with E-state index in [9.17, 15) is 14.7 Å². The topological polar surface area (TPSA) is 89.2 Å². The number of aliphatic hydroxyl groups is 1. The molecule has 1 N–H and O–H groups in total. The normalized spacial score (nSPS) is 16.1. The summed E-state index contributed by atoms with van der Waals surface area (Å²) in [7, 11) is 1.58. The van der Waals surface area contributed by atoms with E-state index >= 15 is 0 Å². The van der Waals surface area contributed by atoms with E-state index in [1.807, 2.05) is 6.07 Å². The molecule has 3 aromatic rings. The van der Waals surface area contributed by atoms with E-state index in [4.69, 9.17) is 13.9 Å². The van der Waals surface area contributed by atoms with E-state index in [0.717, 1.165) is 18.2 Å². The Morgan fingerprint density at radius 3 is 2.67 bits per heavy atom. The van der Waals surface area contributed by atoms with Gasteiger partial charge in [0.25, 0.3) is 5.91 Å². The van der Waals surface area contributed by atoms with Gasteiger partial charge in [-0.15, -0.1) is 0 Å². The minimum absolute atomic E-state index is 0.0271. The lowest BCUT2D eigenvalue weighted by Gasteiger charge is -2.22. The van der Waals surface area contributed by atoms with Crippen LogP contribution in [0.3, 0.4) is 0 Å². The summed E-state index contributed by atoms with van der Waals surface area (Å²) in [5.41, 5.74) is 1.18. The molecule has 1 saturated heterocycles. The number of amides is 1. The first-order valence-electron chi connectivity index (χ1n) is 9.84. The maximum atomic E-state index is 12.4. The highest BCUT2D eigenvalue weighted by Gasteiger charge is 2.28. The van der Waals surface area contributed by atoms with Gasteiger partial charge in [0.15, 0.2) is 6.61 Å². The van der Waals surface area contributed by atoms with Crippen LogP contribution in [0, 0.1) is 0 Å². The molecule has 0 saturated carbocycles. The van der Waals surface area contributed by atoms with E-state index in [-0.39, 0.29) is 25.2 Å². The van der Waals surface area contributed by atoms with E-state index < -0.39 is 5.63 Å². The Kier molecular flexibility index (Phi) is 5.72. The van der Waals surface area contributed by atoms with Crippen molar-refractivity contribution in [2.45, 2.75) is 18.9 Å². The molecule has 7 nitrogen and oxygen atoms in total. The Morgan fingerprint density at radius 1 is 1.17 bits per heavy atom. The van der Waals surface area contributed by atoms with Gasteiger partial charge >= 0.3 is 5.63 Å². The van der Waals surface area contributed by atoms with Crippen LogP contribution in [0.15, 0.2) is 57.7 Å². The number of hydrogen-bond acceptors (Lipinski definition) is 6. The van der Waals surface area contributed by atoms with Crippen LogP contribution >= 0.6 is 0 Å². The Bertz CT molecular complexity index is 1100. The van der Waals surface area contributed by atoms with Crippen LogP contribution in [0.5, 0.6) is 11.5 Å². The largest absolute Gasteiger partial charge is 0.497 e. The summed E-state index contributed by atoms with van der Waals surface area (Å²) in [5.74, 6) is 1.07. The number of rotatable bonds is 6. The molecule has 1 atom stereocenters. The highest BCUT2D eigenvalue weighted by atomic mass is 16.5. The fourth-order valence-corrected chi connectivity index (χ4v) is 3.74. The van der Waals surface area contributed by atoms with Crippen LogP contribution in [0.2, 0.25) is 0 Å². The van der Waals surface area contributed by atoms with Crippen molar-refractivity contribution < 1.29 is 23.8 Å². The molecule has 1 aromatic heterocycles. The molecule has 7 heteroatoms. The first-order valence-corrected chi connectivity index (χ1v) is 9.84. The fourth-order valence-electron chi connectivity index (χ4n) is 3.74. The Labute approximate surface area is 173 Å². The first kappa shape index (κ1) is 20.0. The van der Waals surface area contributed by atoms with E-state index in [2.05, 4.69) is 0 Å². The van der Waals surface area contributed by atoms with Crippen LogP contribution in [0.25, 0.3) is 22.1 Å². The summed E-state index contributed by atoms with van der Waals surface area (Å²) >= 11 is 0. The van der Waals surface area contributed by atoms with Crippen LogP contribution in [0.4, 0.5) is 0 Å². The lowest BCUT2D eigenvalue weighted by molar-refractivity contribution is -0.134. The van der Waals surface area contributed by atoms with Crippen LogP contribution in [0.1, 0.15) is 12.8 Å². The number of hydrogen-bond donors (Lipinski definition) is 1. The lowest BCUT2D eigenvalue weighted by atomic mass is 10.1. The number of fused-ring (bicyclic) bond motifs is 1. The smallest absolute Gasteiger partial charge is 0.344 e. The average Bonchev–Trinajstić information content (AvgIpc) is 3.26. The molecule has 1 aliphatic heterocycles. The second-order valence-electron chi connectivity index (χ2n) is 7.23. The molecule has 30 heavy (non-hydrogen) atoms. The molecule has 1 fully saturated rings. The molecule has 1 aliphatic rings. The van der Waals surface area contributed by atoms with Crippen LogP contribution < -0.4 is 15.1 Å². The Morgan fingerprint density at radius 2 is 1.93 bits per heavy atom. The monoisotopic (exact) mass is 409 g/mol. The molecular formula is C23H23NO6. The molecule has 2 aromatic carbocycles. The number of methoxy groups -OCH3 is 1. The molecule has 0 aliphatic carbocycles. The van der Waals surface area contributed by atoms with Gasteiger partial charge in [-0.3, -0.25) is 4.79 Å². The molecular weight excluding hydrogens is 386 g/mol. The third kappa shape index (κ3) is 4.02. The third-order valence-corrected chi connectivity index (χ3v) is 5.38. The molecule has 1 amide bonds. The van der Waals surface area contributed by atoms with E-state index in [1.54, 1.807) is 54.5 Å². The van der Waals surface area contributed by atoms with Gasteiger partial charge in [0.2, 0.25) is 0 Å². The average molecular weight is 409 g/mol. The van der Waals surface area contributed by atoms with Crippen LogP contribution in [-0.2, 0) is 4.79 Å². The first-order chi connectivity index (χ1) is 14.6. The summed E-state index contributed by atoms with van der Waals surface area (Å²) < 4.78 is 16.3. The number of carbonyl (C=O) groups excluding carboxylic acids is 1. The number of aliphatic hydroxyl groups excluding tert-OH is 1. The zero-order valence-electron chi connectivity index (χ0n) is 16.7. The minimum atomic E-state index is -0.430. The zero-order chi connectivity index (χ0) is 21.1. The summed E-state index contributed by atoms with van der Waals surface area (Å²) in [4.78, 5) is 26.4. The van der Waals surface area contributed by atoms with Crippen molar-refractivity contribution in [3.63, 3.8) is 0 Å². The summed E-state index contributed by atoms with van der Waals surface area (Å²) in [6.07, 6.45) is 1.71. The van der Waals surface area contributed by atoms with Gasteiger partial charge in [0, 0.05) is 11.9 Å². The van der Waals surface area contributed by atoms with Gasteiger partial charge in [-0.25, -0.2) is 4.79 Å². The maximum Gasteiger partial charge on any atom is 0.344 e.